The monoisotopic (exact) mass is 532 g/mol. The van der Waals surface area contributed by atoms with Crippen molar-refractivity contribution in [3.63, 3.8) is 0 Å². The first-order valence-electron chi connectivity index (χ1n) is 13.7. The van der Waals surface area contributed by atoms with Gasteiger partial charge in [0.15, 0.2) is 0 Å². The molecule has 0 atom stereocenters. The van der Waals surface area contributed by atoms with Crippen molar-refractivity contribution in [3.05, 3.63) is 72.3 Å². The van der Waals surface area contributed by atoms with Gasteiger partial charge < -0.3 is 10.1 Å². The molecule has 6 nitrogen and oxygen atoms in total. The zero-order valence-corrected chi connectivity index (χ0v) is 22.8. The van der Waals surface area contributed by atoms with Crippen molar-refractivity contribution in [1.29, 1.82) is 0 Å². The van der Waals surface area contributed by atoms with Crippen molar-refractivity contribution < 1.29 is 17.9 Å². The number of fused-ring (bicyclic) bond motifs is 1. The summed E-state index contributed by atoms with van der Waals surface area (Å²) in [5.74, 6) is 2.95. The summed E-state index contributed by atoms with van der Waals surface area (Å²) >= 11 is 0. The predicted octanol–water partition coefficient (Wildman–Crippen LogP) is 5.27. The number of ether oxygens (including phenoxy) is 1. The van der Waals surface area contributed by atoms with Crippen LogP contribution >= 0.6 is 0 Å². The van der Waals surface area contributed by atoms with Gasteiger partial charge in [-0.2, -0.15) is 0 Å². The van der Waals surface area contributed by atoms with Crippen molar-refractivity contribution in [2.24, 2.45) is 17.8 Å². The van der Waals surface area contributed by atoms with E-state index in [-0.39, 0.29) is 24.4 Å². The molecule has 1 N–H and O–H groups in total. The number of anilines is 1. The van der Waals surface area contributed by atoms with Gasteiger partial charge in [-0.3, -0.25) is 9.10 Å². The van der Waals surface area contributed by atoms with E-state index in [0.29, 0.717) is 12.3 Å². The molecule has 0 radical (unpaired) electrons. The van der Waals surface area contributed by atoms with Crippen LogP contribution in [0.25, 0.3) is 10.8 Å². The van der Waals surface area contributed by atoms with Crippen LogP contribution in [0.1, 0.15) is 44.1 Å². The predicted molar refractivity (Wildman–Crippen MR) is 151 cm³/mol. The van der Waals surface area contributed by atoms with E-state index in [1.54, 1.807) is 0 Å². The van der Waals surface area contributed by atoms with Crippen molar-refractivity contribution in [2.45, 2.75) is 43.9 Å². The molecule has 1 amide bonds. The highest BCUT2D eigenvalue weighted by Gasteiger charge is 2.51. The van der Waals surface area contributed by atoms with Crippen molar-refractivity contribution in [1.82, 2.24) is 5.32 Å². The van der Waals surface area contributed by atoms with Gasteiger partial charge in [0.25, 0.3) is 0 Å². The Labute approximate surface area is 225 Å². The number of amides is 1. The van der Waals surface area contributed by atoms with E-state index < -0.39 is 10.0 Å². The van der Waals surface area contributed by atoms with Crippen molar-refractivity contribution in [3.8, 4) is 5.75 Å². The van der Waals surface area contributed by atoms with Gasteiger partial charge in [0.2, 0.25) is 15.9 Å². The summed E-state index contributed by atoms with van der Waals surface area (Å²) in [6.45, 7) is 0.312. The highest BCUT2D eigenvalue weighted by atomic mass is 32.2. The molecule has 0 spiro atoms. The molecule has 0 unspecified atom stereocenters. The van der Waals surface area contributed by atoms with E-state index in [1.165, 1.54) is 48.4 Å². The first kappa shape index (κ1) is 25.2. The number of sulfonamides is 1. The number of hydrogen-bond acceptors (Lipinski definition) is 4. The third-order valence-corrected chi connectivity index (χ3v) is 10.1. The number of benzene rings is 3. The lowest BCUT2D eigenvalue weighted by Crippen LogP contribution is -2.48. The summed E-state index contributed by atoms with van der Waals surface area (Å²) in [5, 5.41) is 4.91. The quantitative estimate of drug-likeness (QED) is 0.381. The first-order chi connectivity index (χ1) is 18.3. The molecule has 0 saturated heterocycles. The molecule has 0 aromatic heterocycles. The number of hydrogen-bond donors (Lipinski definition) is 1. The van der Waals surface area contributed by atoms with Crippen LogP contribution < -0.4 is 14.4 Å². The molecule has 200 valence electrons. The largest absolute Gasteiger partial charge is 0.491 e. The standard InChI is InChI=1S/C31H36N2O4S/c1-38(35,36)33(21-30(34)32-13-14-37-29-8-4-6-25-5-2-3-7-28(25)29)27-11-9-26(10-12-27)31-18-22-15-23(19-31)17-24(16-22)20-31/h2-12,22-24H,13-21H2,1H3,(H,32,34). The Morgan fingerprint density at radius 1 is 0.921 bits per heavy atom. The summed E-state index contributed by atoms with van der Waals surface area (Å²) in [6, 6.07) is 21.8. The fraction of sp³-hybridized carbons (Fsp3) is 0.452. The maximum atomic E-state index is 12.7. The molecular weight excluding hydrogens is 496 g/mol. The molecule has 4 fully saturated rings. The fourth-order valence-electron chi connectivity index (χ4n) is 7.70. The summed E-state index contributed by atoms with van der Waals surface area (Å²) in [7, 11) is -3.63. The van der Waals surface area contributed by atoms with Gasteiger partial charge in [-0.15, -0.1) is 0 Å². The van der Waals surface area contributed by atoms with Crippen LogP contribution in [0.15, 0.2) is 66.7 Å². The number of rotatable bonds is 9. The van der Waals surface area contributed by atoms with E-state index in [4.69, 9.17) is 4.74 Å². The van der Waals surface area contributed by atoms with Gasteiger partial charge in [0, 0.05) is 5.39 Å². The Balaban J connectivity index is 1.08. The minimum Gasteiger partial charge on any atom is -0.491 e. The minimum atomic E-state index is -3.63. The Morgan fingerprint density at radius 2 is 1.55 bits per heavy atom. The molecule has 38 heavy (non-hydrogen) atoms. The minimum absolute atomic E-state index is 0.255. The van der Waals surface area contributed by atoms with Crippen LogP contribution in [-0.4, -0.2) is 40.3 Å². The van der Waals surface area contributed by atoms with E-state index in [2.05, 4.69) is 17.4 Å². The zero-order chi connectivity index (χ0) is 26.3. The molecule has 4 saturated carbocycles. The normalized spacial score (nSPS) is 25.9. The number of carbonyl (C=O) groups excluding carboxylic acids is 1. The van der Waals surface area contributed by atoms with Crippen LogP contribution in [0, 0.1) is 17.8 Å². The third-order valence-electron chi connectivity index (χ3n) is 8.92. The smallest absolute Gasteiger partial charge is 0.240 e. The van der Waals surface area contributed by atoms with Crippen molar-refractivity contribution >= 4 is 32.4 Å². The lowest BCUT2D eigenvalue weighted by atomic mass is 9.48. The molecule has 4 aliphatic rings. The number of carbonyl (C=O) groups is 1. The van der Waals surface area contributed by atoms with Gasteiger partial charge in [0.1, 0.15) is 18.9 Å². The highest BCUT2D eigenvalue weighted by Crippen LogP contribution is 2.60. The molecule has 7 rings (SSSR count). The summed E-state index contributed by atoms with van der Waals surface area (Å²) in [5.41, 5.74) is 2.12. The molecular formula is C31H36N2O4S. The molecule has 4 bridgehead atoms. The molecule has 4 aliphatic carbocycles. The number of nitrogens with zero attached hydrogens (tertiary/aromatic N) is 1. The molecule has 3 aromatic rings. The second-order valence-electron chi connectivity index (χ2n) is 11.7. The van der Waals surface area contributed by atoms with E-state index in [1.807, 2.05) is 54.6 Å². The lowest BCUT2D eigenvalue weighted by Gasteiger charge is -2.57. The average molecular weight is 533 g/mol. The maximum absolute atomic E-state index is 12.7. The fourth-order valence-corrected chi connectivity index (χ4v) is 8.56. The molecule has 0 aliphatic heterocycles. The van der Waals surface area contributed by atoms with Gasteiger partial charge >= 0.3 is 0 Å². The molecule has 7 heteroatoms. The van der Waals surface area contributed by atoms with Crippen LogP contribution in [0.4, 0.5) is 5.69 Å². The van der Waals surface area contributed by atoms with Gasteiger partial charge in [0.05, 0.1) is 18.5 Å². The Morgan fingerprint density at radius 3 is 2.21 bits per heavy atom. The maximum Gasteiger partial charge on any atom is 0.240 e. The van der Waals surface area contributed by atoms with Crippen LogP contribution in [-0.2, 0) is 20.2 Å². The summed E-state index contributed by atoms with van der Waals surface area (Å²) in [4.78, 5) is 12.7. The zero-order valence-electron chi connectivity index (χ0n) is 21.9. The topological polar surface area (TPSA) is 75.7 Å². The van der Waals surface area contributed by atoms with Gasteiger partial charge in [-0.25, -0.2) is 8.42 Å². The Hall–Kier alpha value is -3.06. The van der Waals surface area contributed by atoms with Crippen LogP contribution in [0.5, 0.6) is 5.75 Å². The Bertz CT molecular complexity index is 1390. The van der Waals surface area contributed by atoms with Crippen LogP contribution in [0.3, 0.4) is 0 Å². The third kappa shape index (κ3) is 5.00. The van der Waals surface area contributed by atoms with Crippen molar-refractivity contribution in [2.75, 3.05) is 30.3 Å². The molecule has 3 aromatic carbocycles. The molecule has 0 heterocycles. The average Bonchev–Trinajstić information content (AvgIpc) is 2.88. The first-order valence-corrected chi connectivity index (χ1v) is 15.6. The summed E-state index contributed by atoms with van der Waals surface area (Å²) in [6.07, 6.45) is 9.10. The van der Waals surface area contributed by atoms with E-state index in [0.717, 1.165) is 40.5 Å². The lowest BCUT2D eigenvalue weighted by molar-refractivity contribution is -0.119. The van der Waals surface area contributed by atoms with E-state index in [9.17, 15) is 13.2 Å². The second kappa shape index (κ2) is 9.92. The second-order valence-corrected chi connectivity index (χ2v) is 13.6. The Kier molecular flexibility index (Phi) is 6.58. The SMILES string of the molecule is CS(=O)(=O)N(CC(=O)NCCOc1cccc2ccccc12)c1ccc(C23CC4CC(CC(C4)C2)C3)cc1. The highest BCUT2D eigenvalue weighted by molar-refractivity contribution is 7.92. The summed E-state index contributed by atoms with van der Waals surface area (Å²) < 4.78 is 32.4. The number of nitrogens with one attached hydrogen (secondary N) is 1. The van der Waals surface area contributed by atoms with E-state index >= 15 is 0 Å². The van der Waals surface area contributed by atoms with Gasteiger partial charge in [-0.1, -0.05) is 48.5 Å². The van der Waals surface area contributed by atoms with Gasteiger partial charge in [-0.05, 0) is 90.8 Å². The van der Waals surface area contributed by atoms with Crippen LogP contribution in [0.2, 0.25) is 0 Å².